The summed E-state index contributed by atoms with van der Waals surface area (Å²) in [5, 5.41) is 0. The SMILES string of the molecule is C[Si](C)(C)N(CCCCN=CC=Cc1ccccc1)[Si](C)(C)C. The molecule has 0 amide bonds. The van der Waals surface area contributed by atoms with Gasteiger partial charge in [-0.2, -0.15) is 0 Å². The van der Waals surface area contributed by atoms with Crippen molar-refractivity contribution in [2.24, 2.45) is 4.99 Å². The third kappa shape index (κ3) is 8.44. The normalized spacial score (nSPS) is 13.5. The molecule has 1 aromatic rings. The van der Waals surface area contributed by atoms with Crippen LogP contribution in [0.1, 0.15) is 18.4 Å². The first-order chi connectivity index (χ1) is 10.7. The zero-order valence-electron chi connectivity index (χ0n) is 15.8. The number of hydrogen-bond donors (Lipinski definition) is 0. The van der Waals surface area contributed by atoms with Gasteiger partial charge < -0.3 is 4.23 Å². The van der Waals surface area contributed by atoms with Crippen molar-refractivity contribution in [3.63, 3.8) is 0 Å². The molecule has 0 N–H and O–H groups in total. The van der Waals surface area contributed by atoms with Gasteiger partial charge in [-0.1, -0.05) is 75.7 Å². The molecule has 23 heavy (non-hydrogen) atoms. The topological polar surface area (TPSA) is 15.6 Å². The van der Waals surface area contributed by atoms with Crippen molar-refractivity contribution in [2.45, 2.75) is 52.1 Å². The smallest absolute Gasteiger partial charge is 0.112 e. The molecule has 0 radical (unpaired) electrons. The average molecular weight is 347 g/mol. The van der Waals surface area contributed by atoms with E-state index in [4.69, 9.17) is 0 Å². The molecule has 0 unspecified atom stereocenters. The molecular weight excluding hydrogens is 312 g/mol. The summed E-state index contributed by atoms with van der Waals surface area (Å²) < 4.78 is 2.86. The Morgan fingerprint density at radius 1 is 0.913 bits per heavy atom. The summed E-state index contributed by atoms with van der Waals surface area (Å²) in [6.07, 6.45) is 8.50. The molecule has 0 aromatic heterocycles. The second-order valence-electron chi connectivity index (χ2n) is 8.03. The molecule has 0 atom stereocenters. The highest BCUT2D eigenvalue weighted by molar-refractivity contribution is 6.89. The molecule has 1 aromatic carbocycles. The number of hydrogen-bond acceptors (Lipinski definition) is 2. The minimum absolute atomic E-state index is 0.935. The first kappa shape index (κ1) is 20.1. The molecule has 0 heterocycles. The van der Waals surface area contributed by atoms with Crippen LogP contribution < -0.4 is 0 Å². The van der Waals surface area contributed by atoms with Gasteiger partial charge in [0.2, 0.25) is 0 Å². The second kappa shape index (κ2) is 9.35. The summed E-state index contributed by atoms with van der Waals surface area (Å²) in [5.41, 5.74) is 1.22. The van der Waals surface area contributed by atoms with E-state index in [2.05, 4.69) is 78.8 Å². The van der Waals surface area contributed by atoms with Gasteiger partial charge in [0.15, 0.2) is 0 Å². The van der Waals surface area contributed by atoms with Gasteiger partial charge >= 0.3 is 0 Å². The summed E-state index contributed by atoms with van der Waals surface area (Å²) in [6, 6.07) is 10.4. The summed E-state index contributed by atoms with van der Waals surface area (Å²) in [6.45, 7) is 17.0. The largest absolute Gasteiger partial charge is 0.346 e. The molecule has 0 fully saturated rings. The highest BCUT2D eigenvalue weighted by atomic mass is 28.4. The van der Waals surface area contributed by atoms with Crippen LogP contribution in [0.4, 0.5) is 0 Å². The molecule has 0 aliphatic rings. The summed E-state index contributed by atoms with van der Waals surface area (Å²) >= 11 is 0. The molecule has 0 bridgehead atoms. The summed E-state index contributed by atoms with van der Waals surface area (Å²) in [7, 11) is -2.39. The first-order valence-corrected chi connectivity index (χ1v) is 15.6. The van der Waals surface area contributed by atoms with Crippen molar-refractivity contribution in [1.29, 1.82) is 0 Å². The van der Waals surface area contributed by atoms with E-state index in [0.717, 1.165) is 6.54 Å². The van der Waals surface area contributed by atoms with Crippen molar-refractivity contribution in [3.05, 3.63) is 42.0 Å². The van der Waals surface area contributed by atoms with Crippen LogP contribution in [0.15, 0.2) is 41.4 Å². The Hall–Kier alpha value is -0.976. The predicted molar refractivity (Wildman–Crippen MR) is 111 cm³/mol. The van der Waals surface area contributed by atoms with Crippen LogP contribution in [0.3, 0.4) is 0 Å². The van der Waals surface area contributed by atoms with E-state index in [1.165, 1.54) is 24.9 Å². The van der Waals surface area contributed by atoms with Crippen LogP contribution in [0.2, 0.25) is 39.3 Å². The fourth-order valence-electron chi connectivity index (χ4n) is 3.00. The lowest BCUT2D eigenvalue weighted by Crippen LogP contribution is -2.59. The second-order valence-corrected chi connectivity index (χ2v) is 18.2. The number of aliphatic imine (C=N–C) groups is 1. The van der Waals surface area contributed by atoms with Gasteiger partial charge in [-0.25, -0.2) is 0 Å². The van der Waals surface area contributed by atoms with Crippen molar-refractivity contribution < 1.29 is 0 Å². The Morgan fingerprint density at radius 2 is 1.52 bits per heavy atom. The molecule has 0 saturated carbocycles. The van der Waals surface area contributed by atoms with E-state index >= 15 is 0 Å². The van der Waals surface area contributed by atoms with Crippen LogP contribution in [0.5, 0.6) is 0 Å². The quantitative estimate of drug-likeness (QED) is 0.326. The van der Waals surface area contributed by atoms with Crippen molar-refractivity contribution in [3.8, 4) is 0 Å². The van der Waals surface area contributed by atoms with Crippen molar-refractivity contribution >= 4 is 28.8 Å². The van der Waals surface area contributed by atoms with E-state index in [9.17, 15) is 0 Å². The molecule has 0 spiro atoms. The van der Waals surface area contributed by atoms with Gasteiger partial charge in [0.25, 0.3) is 0 Å². The first-order valence-electron chi connectivity index (χ1n) is 8.70. The third-order valence-electron chi connectivity index (χ3n) is 3.82. The number of allylic oxidation sites excluding steroid dienone is 1. The minimum atomic E-state index is -1.20. The average Bonchev–Trinajstić information content (AvgIpc) is 2.44. The van der Waals surface area contributed by atoms with Gasteiger partial charge in [0, 0.05) is 12.8 Å². The van der Waals surface area contributed by atoms with Crippen molar-refractivity contribution in [2.75, 3.05) is 13.1 Å². The van der Waals surface area contributed by atoms with E-state index in [1.54, 1.807) is 0 Å². The number of benzene rings is 1. The summed E-state index contributed by atoms with van der Waals surface area (Å²) in [4.78, 5) is 4.50. The zero-order chi connectivity index (χ0) is 17.3. The van der Waals surface area contributed by atoms with Gasteiger partial charge in [-0.05, 0) is 31.0 Å². The van der Waals surface area contributed by atoms with E-state index < -0.39 is 16.5 Å². The highest BCUT2D eigenvalue weighted by Crippen LogP contribution is 2.20. The van der Waals surface area contributed by atoms with Gasteiger partial charge in [0.05, 0.1) is 0 Å². The Morgan fingerprint density at radius 3 is 2.09 bits per heavy atom. The Bertz CT molecular complexity index is 482. The third-order valence-corrected chi connectivity index (χ3v) is 11.5. The fraction of sp³-hybridized carbons (Fsp3) is 0.526. The molecule has 1 rings (SSSR count). The molecule has 0 aliphatic heterocycles. The van der Waals surface area contributed by atoms with Crippen molar-refractivity contribution in [1.82, 2.24) is 4.23 Å². The number of unbranched alkanes of at least 4 members (excludes halogenated alkanes) is 1. The lowest BCUT2D eigenvalue weighted by Gasteiger charge is -2.43. The van der Waals surface area contributed by atoms with Crippen LogP contribution in [-0.2, 0) is 0 Å². The lowest BCUT2D eigenvalue weighted by atomic mass is 10.2. The highest BCUT2D eigenvalue weighted by Gasteiger charge is 2.33. The molecule has 0 saturated heterocycles. The van der Waals surface area contributed by atoms with Crippen LogP contribution >= 0.6 is 0 Å². The standard InChI is InChI=1S/C19H34N2Si2/c1-22(2,3)21(23(4,5)6)18-11-10-16-20-17-12-15-19-13-8-7-9-14-19/h7-9,12-15,17H,10-11,16,18H2,1-6H3. The van der Waals surface area contributed by atoms with E-state index in [-0.39, 0.29) is 0 Å². The fourth-order valence-corrected chi connectivity index (χ4v) is 12.7. The maximum absolute atomic E-state index is 4.50. The van der Waals surface area contributed by atoms with Crippen LogP contribution in [0, 0.1) is 0 Å². The summed E-state index contributed by atoms with van der Waals surface area (Å²) in [5.74, 6) is 0. The van der Waals surface area contributed by atoms with Gasteiger partial charge in [-0.3, -0.25) is 4.99 Å². The molecule has 128 valence electrons. The number of nitrogens with zero attached hydrogens (tertiary/aromatic N) is 2. The molecule has 0 aliphatic carbocycles. The predicted octanol–water partition coefficient (Wildman–Crippen LogP) is 5.52. The van der Waals surface area contributed by atoms with Gasteiger partial charge in [-0.15, -0.1) is 0 Å². The van der Waals surface area contributed by atoms with Crippen LogP contribution in [-0.4, -0.2) is 40.0 Å². The minimum Gasteiger partial charge on any atom is -0.346 e. The molecule has 2 nitrogen and oxygen atoms in total. The maximum atomic E-state index is 4.50. The maximum Gasteiger partial charge on any atom is 0.112 e. The van der Waals surface area contributed by atoms with Gasteiger partial charge in [0.1, 0.15) is 16.5 Å². The monoisotopic (exact) mass is 346 g/mol. The van der Waals surface area contributed by atoms with Crippen LogP contribution in [0.25, 0.3) is 6.08 Å². The Labute approximate surface area is 145 Å². The Balaban J connectivity index is 2.29. The number of rotatable bonds is 9. The molecular formula is C19H34N2Si2. The zero-order valence-corrected chi connectivity index (χ0v) is 17.8. The molecule has 4 heteroatoms. The van der Waals surface area contributed by atoms with E-state index in [0.29, 0.717) is 0 Å². The van der Waals surface area contributed by atoms with E-state index in [1.807, 2.05) is 18.4 Å². The lowest BCUT2D eigenvalue weighted by molar-refractivity contribution is 0.566. The Kier molecular flexibility index (Phi) is 8.16.